The van der Waals surface area contributed by atoms with Gasteiger partial charge in [0.1, 0.15) is 5.52 Å². The van der Waals surface area contributed by atoms with E-state index in [4.69, 9.17) is 10.2 Å². The summed E-state index contributed by atoms with van der Waals surface area (Å²) in [5.74, 6) is 0.620. The van der Waals surface area contributed by atoms with Gasteiger partial charge in [0.2, 0.25) is 5.89 Å². The fourth-order valence-corrected chi connectivity index (χ4v) is 2.27. The summed E-state index contributed by atoms with van der Waals surface area (Å²) in [5, 5.41) is 0. The van der Waals surface area contributed by atoms with Crippen molar-refractivity contribution in [1.82, 2.24) is 4.98 Å². The van der Waals surface area contributed by atoms with Crippen LogP contribution in [0.3, 0.4) is 0 Å². The van der Waals surface area contributed by atoms with E-state index in [0.29, 0.717) is 11.6 Å². The van der Waals surface area contributed by atoms with Crippen LogP contribution in [0.2, 0.25) is 0 Å². The Morgan fingerprint density at radius 2 is 2.06 bits per heavy atom. The second kappa shape index (κ2) is 4.14. The molecule has 0 aliphatic heterocycles. The first-order valence-electron chi connectivity index (χ1n) is 5.57. The molecule has 0 unspecified atom stereocenters. The molecule has 0 saturated carbocycles. The lowest BCUT2D eigenvalue weighted by molar-refractivity contribution is 0.619. The lowest BCUT2D eigenvalue weighted by Gasteiger charge is -2.02. The van der Waals surface area contributed by atoms with Crippen molar-refractivity contribution in [2.75, 3.05) is 5.73 Å². The number of oxazole rings is 1. The minimum atomic E-state index is 0.620. The number of benzene rings is 2. The van der Waals surface area contributed by atoms with Crippen LogP contribution >= 0.6 is 15.9 Å². The van der Waals surface area contributed by atoms with Gasteiger partial charge in [-0.25, -0.2) is 4.98 Å². The van der Waals surface area contributed by atoms with Crippen LogP contribution < -0.4 is 5.73 Å². The number of nitrogens with two attached hydrogens (primary N) is 1. The van der Waals surface area contributed by atoms with Crippen LogP contribution in [0.4, 0.5) is 5.69 Å². The first-order chi connectivity index (χ1) is 8.65. The Morgan fingerprint density at radius 3 is 2.89 bits per heavy atom. The van der Waals surface area contributed by atoms with Gasteiger partial charge in [-0.3, -0.25) is 0 Å². The van der Waals surface area contributed by atoms with Crippen LogP contribution in [-0.4, -0.2) is 4.98 Å². The first kappa shape index (κ1) is 11.3. The van der Waals surface area contributed by atoms with Crippen LogP contribution in [0.5, 0.6) is 0 Å². The van der Waals surface area contributed by atoms with E-state index < -0.39 is 0 Å². The molecule has 0 atom stereocenters. The molecule has 0 spiro atoms. The highest BCUT2D eigenvalue weighted by atomic mass is 79.9. The fourth-order valence-electron chi connectivity index (χ4n) is 1.90. The molecule has 1 heterocycles. The minimum Gasteiger partial charge on any atom is -0.436 e. The molecule has 1 aromatic heterocycles. The average molecular weight is 303 g/mol. The third-order valence-corrected chi connectivity index (χ3v) is 3.77. The Labute approximate surface area is 113 Å². The highest BCUT2D eigenvalue weighted by Crippen LogP contribution is 2.30. The smallest absolute Gasteiger partial charge is 0.227 e. The molecule has 2 N–H and O–H groups in total. The van der Waals surface area contributed by atoms with Crippen molar-refractivity contribution in [1.29, 1.82) is 0 Å². The SMILES string of the molecule is Cc1c(Br)cccc1-c1nc2cc(N)ccc2o1. The molecule has 0 aliphatic rings. The summed E-state index contributed by atoms with van der Waals surface area (Å²) < 4.78 is 6.80. The number of halogens is 1. The first-order valence-corrected chi connectivity index (χ1v) is 6.36. The van der Waals surface area contributed by atoms with Crippen molar-refractivity contribution in [2.45, 2.75) is 6.92 Å². The molecule has 90 valence electrons. The van der Waals surface area contributed by atoms with Crippen LogP contribution in [0.15, 0.2) is 45.3 Å². The topological polar surface area (TPSA) is 52.0 Å². The highest BCUT2D eigenvalue weighted by Gasteiger charge is 2.11. The number of nitrogens with zero attached hydrogens (tertiary/aromatic N) is 1. The number of fused-ring (bicyclic) bond motifs is 1. The lowest BCUT2D eigenvalue weighted by atomic mass is 10.1. The summed E-state index contributed by atoms with van der Waals surface area (Å²) in [6.07, 6.45) is 0. The molecule has 3 aromatic rings. The molecule has 0 fully saturated rings. The van der Waals surface area contributed by atoms with Gasteiger partial charge in [-0.05, 0) is 42.8 Å². The summed E-state index contributed by atoms with van der Waals surface area (Å²) in [4.78, 5) is 4.48. The molecule has 2 aromatic carbocycles. The minimum absolute atomic E-state index is 0.620. The van der Waals surface area contributed by atoms with Crippen molar-refractivity contribution in [3.63, 3.8) is 0 Å². The number of anilines is 1. The summed E-state index contributed by atoms with van der Waals surface area (Å²) in [5.41, 5.74) is 10.0. The molecule has 3 nitrogen and oxygen atoms in total. The van der Waals surface area contributed by atoms with Crippen LogP contribution in [-0.2, 0) is 0 Å². The van der Waals surface area contributed by atoms with Crippen LogP contribution in [0, 0.1) is 6.92 Å². The second-order valence-corrected chi connectivity index (χ2v) is 5.01. The van der Waals surface area contributed by atoms with Gasteiger partial charge in [0, 0.05) is 15.7 Å². The van der Waals surface area contributed by atoms with Gasteiger partial charge < -0.3 is 10.2 Å². The predicted octanol–water partition coefficient (Wildman–Crippen LogP) is 4.15. The van der Waals surface area contributed by atoms with Gasteiger partial charge in [-0.15, -0.1) is 0 Å². The van der Waals surface area contributed by atoms with Crippen molar-refractivity contribution in [2.24, 2.45) is 0 Å². The Kier molecular flexibility index (Phi) is 2.59. The van der Waals surface area contributed by atoms with E-state index >= 15 is 0 Å². The van der Waals surface area contributed by atoms with E-state index in [-0.39, 0.29) is 0 Å². The molecule has 0 amide bonds. The Hall–Kier alpha value is -1.81. The van der Waals surface area contributed by atoms with E-state index in [1.54, 1.807) is 0 Å². The molecular weight excluding hydrogens is 292 g/mol. The standard InChI is InChI=1S/C14H11BrN2O/c1-8-10(3-2-4-11(8)15)14-17-12-7-9(16)5-6-13(12)18-14/h2-7H,16H2,1H3. The largest absolute Gasteiger partial charge is 0.436 e. The molecular formula is C14H11BrN2O. The zero-order valence-corrected chi connectivity index (χ0v) is 11.4. The van der Waals surface area contributed by atoms with Crippen molar-refractivity contribution < 1.29 is 4.42 Å². The fraction of sp³-hybridized carbons (Fsp3) is 0.0714. The number of aromatic nitrogens is 1. The van der Waals surface area contributed by atoms with Gasteiger partial charge in [-0.2, -0.15) is 0 Å². The summed E-state index contributed by atoms with van der Waals surface area (Å²) >= 11 is 3.51. The van der Waals surface area contributed by atoms with Crippen molar-refractivity contribution in [3.8, 4) is 11.5 Å². The third kappa shape index (κ3) is 1.78. The maximum absolute atomic E-state index is 5.76. The maximum atomic E-state index is 5.76. The third-order valence-electron chi connectivity index (χ3n) is 2.91. The highest BCUT2D eigenvalue weighted by molar-refractivity contribution is 9.10. The van der Waals surface area contributed by atoms with Gasteiger partial charge >= 0.3 is 0 Å². The van der Waals surface area contributed by atoms with E-state index in [0.717, 1.165) is 26.7 Å². The monoisotopic (exact) mass is 302 g/mol. The number of hydrogen-bond acceptors (Lipinski definition) is 3. The van der Waals surface area contributed by atoms with E-state index in [1.165, 1.54) is 0 Å². The molecule has 0 saturated heterocycles. The summed E-state index contributed by atoms with van der Waals surface area (Å²) in [7, 11) is 0. The summed E-state index contributed by atoms with van der Waals surface area (Å²) in [6.45, 7) is 2.03. The summed E-state index contributed by atoms with van der Waals surface area (Å²) in [6, 6.07) is 11.4. The zero-order chi connectivity index (χ0) is 12.7. The quantitative estimate of drug-likeness (QED) is 0.687. The molecule has 18 heavy (non-hydrogen) atoms. The van der Waals surface area contributed by atoms with Crippen molar-refractivity contribution in [3.05, 3.63) is 46.4 Å². The van der Waals surface area contributed by atoms with E-state index in [2.05, 4.69) is 20.9 Å². The zero-order valence-electron chi connectivity index (χ0n) is 9.77. The van der Waals surface area contributed by atoms with Gasteiger partial charge in [0.25, 0.3) is 0 Å². The molecule has 0 bridgehead atoms. The molecule has 0 aliphatic carbocycles. The molecule has 0 radical (unpaired) electrons. The number of rotatable bonds is 1. The lowest BCUT2D eigenvalue weighted by Crippen LogP contribution is -1.84. The molecule has 4 heteroatoms. The second-order valence-electron chi connectivity index (χ2n) is 4.16. The van der Waals surface area contributed by atoms with Gasteiger partial charge in [-0.1, -0.05) is 22.0 Å². The Bertz CT molecular complexity index is 734. The Morgan fingerprint density at radius 1 is 1.22 bits per heavy atom. The van der Waals surface area contributed by atoms with E-state index in [9.17, 15) is 0 Å². The Balaban J connectivity index is 2.22. The number of hydrogen-bond donors (Lipinski definition) is 1. The average Bonchev–Trinajstić information content (AvgIpc) is 2.75. The van der Waals surface area contributed by atoms with E-state index in [1.807, 2.05) is 43.3 Å². The van der Waals surface area contributed by atoms with Gasteiger partial charge in [0.05, 0.1) is 0 Å². The van der Waals surface area contributed by atoms with Crippen molar-refractivity contribution >= 4 is 32.7 Å². The number of nitrogen functional groups attached to an aromatic ring is 1. The normalized spacial score (nSPS) is 11.0. The van der Waals surface area contributed by atoms with Crippen LogP contribution in [0.1, 0.15) is 5.56 Å². The van der Waals surface area contributed by atoms with Gasteiger partial charge in [0.15, 0.2) is 5.58 Å². The maximum Gasteiger partial charge on any atom is 0.227 e. The van der Waals surface area contributed by atoms with Crippen LogP contribution in [0.25, 0.3) is 22.6 Å². The molecule has 3 rings (SSSR count). The predicted molar refractivity (Wildman–Crippen MR) is 76.3 cm³/mol.